The molecule has 2 amide bonds. The Morgan fingerprint density at radius 2 is 1.96 bits per heavy atom. The fraction of sp³-hybridized carbons (Fsp3) is 0.550. The number of hydrogen-bond acceptors (Lipinski definition) is 4. The molecule has 2 heterocycles. The van der Waals surface area contributed by atoms with E-state index in [4.69, 9.17) is 0 Å². The Hall–Kier alpha value is -2.41. The van der Waals surface area contributed by atoms with Crippen molar-refractivity contribution in [3.63, 3.8) is 0 Å². The second-order valence-electron chi connectivity index (χ2n) is 7.63. The zero-order chi connectivity index (χ0) is 19.2. The van der Waals surface area contributed by atoms with Gasteiger partial charge in [0, 0.05) is 11.9 Å². The fourth-order valence-corrected chi connectivity index (χ4v) is 3.52. The van der Waals surface area contributed by atoms with Crippen molar-refractivity contribution in [1.82, 2.24) is 26.1 Å². The third kappa shape index (κ3) is 4.86. The van der Waals surface area contributed by atoms with Gasteiger partial charge in [-0.05, 0) is 50.3 Å². The minimum atomic E-state index is -0.540. The second kappa shape index (κ2) is 8.99. The van der Waals surface area contributed by atoms with Crippen LogP contribution in [0.2, 0.25) is 0 Å². The maximum absolute atomic E-state index is 12.9. The minimum absolute atomic E-state index is 0.101. The highest BCUT2D eigenvalue weighted by Crippen LogP contribution is 2.19. The Morgan fingerprint density at radius 3 is 2.70 bits per heavy atom. The lowest BCUT2D eigenvalue weighted by atomic mass is 9.89. The number of piperidine rings is 1. The van der Waals surface area contributed by atoms with E-state index in [0.29, 0.717) is 18.2 Å². The summed E-state index contributed by atoms with van der Waals surface area (Å²) in [5, 5.41) is 17.1. The maximum atomic E-state index is 12.9. The molecule has 0 bridgehead atoms. The molecule has 146 valence electrons. The van der Waals surface area contributed by atoms with Crippen molar-refractivity contribution in [2.24, 2.45) is 11.8 Å². The van der Waals surface area contributed by atoms with Gasteiger partial charge in [-0.2, -0.15) is 5.10 Å². The number of nitrogens with one attached hydrogen (secondary N) is 4. The van der Waals surface area contributed by atoms with Crippen LogP contribution in [0.5, 0.6) is 0 Å². The second-order valence-corrected chi connectivity index (χ2v) is 7.63. The van der Waals surface area contributed by atoms with E-state index < -0.39 is 6.04 Å². The average molecular weight is 371 g/mol. The first-order chi connectivity index (χ1) is 13.1. The topological polar surface area (TPSA) is 98.9 Å². The van der Waals surface area contributed by atoms with Gasteiger partial charge in [0.15, 0.2) is 5.69 Å². The Balaban J connectivity index is 1.73. The molecule has 1 aromatic carbocycles. The van der Waals surface area contributed by atoms with Gasteiger partial charge in [0.05, 0.1) is 5.52 Å². The van der Waals surface area contributed by atoms with E-state index in [9.17, 15) is 9.59 Å². The lowest BCUT2D eigenvalue weighted by Crippen LogP contribution is -2.53. The Morgan fingerprint density at radius 1 is 1.22 bits per heavy atom. The third-order valence-electron chi connectivity index (χ3n) is 5.13. The first kappa shape index (κ1) is 19.4. The highest BCUT2D eigenvalue weighted by molar-refractivity contribution is 6.06. The van der Waals surface area contributed by atoms with Crippen molar-refractivity contribution in [1.29, 1.82) is 0 Å². The van der Waals surface area contributed by atoms with Gasteiger partial charge in [-0.25, -0.2) is 0 Å². The van der Waals surface area contributed by atoms with Crippen LogP contribution >= 0.6 is 0 Å². The van der Waals surface area contributed by atoms with Crippen LogP contribution in [0.25, 0.3) is 10.9 Å². The molecule has 1 unspecified atom stereocenters. The number of hydrogen-bond donors (Lipinski definition) is 4. The molecule has 27 heavy (non-hydrogen) atoms. The molecule has 4 N–H and O–H groups in total. The lowest BCUT2D eigenvalue weighted by molar-refractivity contribution is -0.124. The molecular formula is C20H29N5O2. The fourth-order valence-electron chi connectivity index (χ4n) is 3.52. The van der Waals surface area contributed by atoms with Gasteiger partial charge in [0.2, 0.25) is 5.91 Å². The van der Waals surface area contributed by atoms with Crippen molar-refractivity contribution < 1.29 is 9.59 Å². The number of aromatic nitrogens is 2. The van der Waals surface area contributed by atoms with Crippen molar-refractivity contribution in [3.05, 3.63) is 30.0 Å². The molecule has 0 spiro atoms. The van der Waals surface area contributed by atoms with Crippen LogP contribution in [0.1, 0.15) is 43.6 Å². The van der Waals surface area contributed by atoms with Gasteiger partial charge in [0.1, 0.15) is 6.04 Å². The number of nitrogens with zero attached hydrogens (tertiary/aromatic N) is 1. The molecule has 1 atom stereocenters. The van der Waals surface area contributed by atoms with E-state index >= 15 is 0 Å². The summed E-state index contributed by atoms with van der Waals surface area (Å²) in [5.41, 5.74) is 1.14. The van der Waals surface area contributed by atoms with Crippen LogP contribution in [0, 0.1) is 11.8 Å². The van der Waals surface area contributed by atoms with E-state index in [-0.39, 0.29) is 17.7 Å². The normalized spacial score (nSPS) is 16.4. The summed E-state index contributed by atoms with van der Waals surface area (Å²) in [7, 11) is 0. The van der Waals surface area contributed by atoms with Crippen molar-refractivity contribution >= 4 is 22.7 Å². The molecular weight excluding hydrogens is 342 g/mol. The molecule has 1 aliphatic rings. The van der Waals surface area contributed by atoms with E-state index in [1.54, 1.807) is 0 Å². The lowest BCUT2D eigenvalue weighted by Gasteiger charge is -2.30. The SMILES string of the molecule is CC(C)CCNC(=O)C(NC(=O)c1n[nH]c2ccccc12)C1CCNCC1. The van der Waals surface area contributed by atoms with Crippen LogP contribution in [0.15, 0.2) is 24.3 Å². The Kier molecular flexibility index (Phi) is 6.45. The molecule has 0 saturated carbocycles. The van der Waals surface area contributed by atoms with Gasteiger partial charge in [-0.1, -0.05) is 32.0 Å². The minimum Gasteiger partial charge on any atom is -0.354 e. The van der Waals surface area contributed by atoms with Crippen molar-refractivity contribution in [2.45, 2.75) is 39.2 Å². The molecule has 0 aliphatic carbocycles. The molecule has 2 aromatic rings. The van der Waals surface area contributed by atoms with Crippen LogP contribution in [0.4, 0.5) is 0 Å². The summed E-state index contributed by atoms with van der Waals surface area (Å²) in [4.78, 5) is 25.7. The van der Waals surface area contributed by atoms with E-state index in [2.05, 4.69) is 40.0 Å². The number of para-hydroxylation sites is 1. The summed E-state index contributed by atoms with van der Waals surface area (Å²) < 4.78 is 0. The maximum Gasteiger partial charge on any atom is 0.273 e. The van der Waals surface area contributed by atoms with E-state index in [1.807, 2.05) is 24.3 Å². The Bertz CT molecular complexity index is 780. The highest BCUT2D eigenvalue weighted by Gasteiger charge is 2.31. The van der Waals surface area contributed by atoms with Crippen LogP contribution in [-0.2, 0) is 4.79 Å². The van der Waals surface area contributed by atoms with Crippen LogP contribution in [-0.4, -0.2) is 47.7 Å². The van der Waals surface area contributed by atoms with Crippen molar-refractivity contribution in [3.8, 4) is 0 Å². The smallest absolute Gasteiger partial charge is 0.273 e. The monoisotopic (exact) mass is 371 g/mol. The number of amides is 2. The Labute approximate surface area is 159 Å². The summed E-state index contributed by atoms with van der Waals surface area (Å²) >= 11 is 0. The third-order valence-corrected chi connectivity index (χ3v) is 5.13. The van der Waals surface area contributed by atoms with E-state index in [1.165, 1.54) is 0 Å². The summed E-state index contributed by atoms with van der Waals surface area (Å²) in [5.74, 6) is 0.234. The average Bonchev–Trinajstić information content (AvgIpc) is 3.10. The number of rotatable bonds is 7. The number of aromatic amines is 1. The molecule has 0 radical (unpaired) electrons. The van der Waals surface area contributed by atoms with Gasteiger partial charge >= 0.3 is 0 Å². The summed E-state index contributed by atoms with van der Waals surface area (Å²) in [6.45, 7) is 6.60. The quantitative estimate of drug-likeness (QED) is 0.597. The number of benzene rings is 1. The predicted octanol–water partition coefficient (Wildman–Crippen LogP) is 1.82. The number of carbonyl (C=O) groups is 2. The first-order valence-corrected chi connectivity index (χ1v) is 9.78. The van der Waals surface area contributed by atoms with Gasteiger partial charge in [-0.15, -0.1) is 0 Å². The van der Waals surface area contributed by atoms with Gasteiger partial charge in [0.25, 0.3) is 5.91 Å². The zero-order valence-corrected chi connectivity index (χ0v) is 16.0. The molecule has 1 aromatic heterocycles. The predicted molar refractivity (Wildman–Crippen MR) is 105 cm³/mol. The largest absolute Gasteiger partial charge is 0.354 e. The molecule has 7 nitrogen and oxygen atoms in total. The van der Waals surface area contributed by atoms with Crippen molar-refractivity contribution in [2.75, 3.05) is 19.6 Å². The molecule has 7 heteroatoms. The molecule has 1 aliphatic heterocycles. The molecule has 1 fully saturated rings. The number of carbonyl (C=O) groups excluding carboxylic acids is 2. The van der Waals surface area contributed by atoms with E-state index in [0.717, 1.165) is 43.3 Å². The number of H-pyrrole nitrogens is 1. The summed E-state index contributed by atoms with van der Waals surface area (Å²) in [6, 6.07) is 6.96. The molecule has 3 rings (SSSR count). The van der Waals surface area contributed by atoms with Gasteiger partial charge < -0.3 is 16.0 Å². The zero-order valence-electron chi connectivity index (χ0n) is 16.0. The number of fused-ring (bicyclic) bond motifs is 1. The summed E-state index contributed by atoms with van der Waals surface area (Å²) in [6.07, 6.45) is 2.65. The van der Waals surface area contributed by atoms with Crippen LogP contribution in [0.3, 0.4) is 0 Å². The van der Waals surface area contributed by atoms with Gasteiger partial charge in [-0.3, -0.25) is 14.7 Å². The first-order valence-electron chi connectivity index (χ1n) is 9.78. The standard InChI is InChI=1S/C20H29N5O2/c1-13(2)7-12-22-19(26)17(14-8-10-21-11-9-14)23-20(27)18-15-5-3-4-6-16(15)24-25-18/h3-6,13-14,17,21H,7-12H2,1-2H3,(H,22,26)(H,23,27)(H,24,25). The van der Waals surface area contributed by atoms with Crippen LogP contribution < -0.4 is 16.0 Å². The molecule has 1 saturated heterocycles. The highest BCUT2D eigenvalue weighted by atomic mass is 16.2.